The van der Waals surface area contributed by atoms with Crippen LogP contribution in [0.15, 0.2) is 34.7 Å². The lowest BCUT2D eigenvalue weighted by molar-refractivity contribution is -0.136. The summed E-state index contributed by atoms with van der Waals surface area (Å²) in [5, 5.41) is 7.14. The highest BCUT2D eigenvalue weighted by Crippen LogP contribution is 2.39. The maximum Gasteiger partial charge on any atom is 0.417 e. The van der Waals surface area contributed by atoms with Gasteiger partial charge < -0.3 is 19.9 Å². The molecule has 0 radical (unpaired) electrons. The molecule has 0 spiro atoms. The number of carbonyl (C=O) groups excluding carboxylic acids is 1. The van der Waals surface area contributed by atoms with Gasteiger partial charge in [0.1, 0.15) is 17.2 Å². The molecule has 1 amide bonds. The molecule has 0 aliphatic rings. The number of hydrogen-bond acceptors (Lipinski definition) is 5. The van der Waals surface area contributed by atoms with Crippen LogP contribution in [0.2, 0.25) is 0 Å². The van der Waals surface area contributed by atoms with Gasteiger partial charge in [-0.2, -0.15) is 13.2 Å². The van der Waals surface area contributed by atoms with Crippen LogP contribution in [0.1, 0.15) is 35.7 Å². The van der Waals surface area contributed by atoms with Gasteiger partial charge in [-0.1, -0.05) is 13.8 Å². The monoisotopic (exact) mass is 451 g/mol. The van der Waals surface area contributed by atoms with Crippen LogP contribution in [0.5, 0.6) is 11.7 Å². The van der Waals surface area contributed by atoms with Crippen molar-refractivity contribution in [2.75, 3.05) is 20.1 Å². The van der Waals surface area contributed by atoms with Gasteiger partial charge in [0.25, 0.3) is 11.9 Å². The van der Waals surface area contributed by atoms with Gasteiger partial charge in [0, 0.05) is 24.6 Å². The summed E-state index contributed by atoms with van der Waals surface area (Å²) in [6, 6.07) is 6.54. The maximum atomic E-state index is 13.7. The van der Waals surface area contributed by atoms with Crippen LogP contribution in [0.3, 0.4) is 0 Å². The van der Waals surface area contributed by atoms with E-state index < -0.39 is 23.6 Å². The zero-order valence-electron chi connectivity index (χ0n) is 17.8. The summed E-state index contributed by atoms with van der Waals surface area (Å²) in [5.41, 5.74) is 4.22. The number of nitrogens with one attached hydrogen (secondary N) is 2. The van der Waals surface area contributed by atoms with E-state index in [-0.39, 0.29) is 28.3 Å². The molecule has 0 aliphatic carbocycles. The molecular weight excluding hydrogens is 427 g/mol. The zero-order valence-corrected chi connectivity index (χ0v) is 17.8. The number of nitrogens with two attached hydrogens (primary N) is 1. The van der Waals surface area contributed by atoms with E-state index in [0.29, 0.717) is 12.3 Å². The van der Waals surface area contributed by atoms with Gasteiger partial charge in [0.05, 0.1) is 17.6 Å². The van der Waals surface area contributed by atoms with E-state index in [4.69, 9.17) is 20.3 Å². The minimum absolute atomic E-state index is 0.0463. The second kappa shape index (κ2) is 8.95. The average Bonchev–Trinajstić information content (AvgIpc) is 3.36. The molecule has 0 saturated heterocycles. The summed E-state index contributed by atoms with van der Waals surface area (Å²) < 4.78 is 52.3. The van der Waals surface area contributed by atoms with Crippen LogP contribution < -0.4 is 10.5 Å². The standard InChI is InChI=1S/C21H24F3N5O3/c1-4-29(5-2)11-12-6-7-18(31-12)32-13-8-15(21(22,23)24)14-10-17(27-16(14)9-13)19(30)28(3)20(25)26/h6-10,27H,4-5,11H2,1-3H3,(H3,25,26). The predicted molar refractivity (Wildman–Crippen MR) is 113 cm³/mol. The Labute approximate surface area is 182 Å². The second-order valence-corrected chi connectivity index (χ2v) is 7.15. The van der Waals surface area contributed by atoms with Gasteiger partial charge in [0.2, 0.25) is 0 Å². The number of aromatic nitrogens is 1. The molecule has 2 aromatic heterocycles. The molecule has 172 valence electrons. The number of aromatic amines is 1. The molecule has 11 heteroatoms. The number of carbonyl (C=O) groups is 1. The van der Waals surface area contributed by atoms with E-state index in [1.807, 2.05) is 13.8 Å². The summed E-state index contributed by atoms with van der Waals surface area (Å²) in [5.74, 6) is -0.697. The highest BCUT2D eigenvalue weighted by molar-refractivity contribution is 6.06. The molecular formula is C21H24F3N5O3. The van der Waals surface area contributed by atoms with Crippen molar-refractivity contribution in [1.29, 1.82) is 5.41 Å². The van der Waals surface area contributed by atoms with Crippen LogP contribution in [0, 0.1) is 5.41 Å². The van der Waals surface area contributed by atoms with Gasteiger partial charge in [-0.25, -0.2) is 0 Å². The number of fused-ring (bicyclic) bond motifs is 1. The third kappa shape index (κ3) is 4.88. The summed E-state index contributed by atoms with van der Waals surface area (Å²) >= 11 is 0. The fourth-order valence-electron chi connectivity index (χ4n) is 3.19. The van der Waals surface area contributed by atoms with E-state index in [0.717, 1.165) is 30.1 Å². The van der Waals surface area contributed by atoms with E-state index in [1.54, 1.807) is 12.1 Å². The first-order valence-corrected chi connectivity index (χ1v) is 9.88. The summed E-state index contributed by atoms with van der Waals surface area (Å²) in [7, 11) is 1.25. The number of alkyl halides is 3. The topological polar surface area (TPSA) is 112 Å². The summed E-state index contributed by atoms with van der Waals surface area (Å²) in [6.07, 6.45) is -4.69. The fraction of sp³-hybridized carbons (Fsp3) is 0.333. The van der Waals surface area contributed by atoms with Gasteiger partial charge in [-0.05, 0) is 31.3 Å². The number of furan rings is 1. The largest absolute Gasteiger partial charge is 0.429 e. The van der Waals surface area contributed by atoms with Crippen molar-refractivity contribution in [2.45, 2.75) is 26.6 Å². The smallest absolute Gasteiger partial charge is 0.417 e. The molecule has 3 aromatic rings. The van der Waals surface area contributed by atoms with Crippen molar-refractivity contribution in [1.82, 2.24) is 14.8 Å². The van der Waals surface area contributed by atoms with Crippen molar-refractivity contribution >= 4 is 22.8 Å². The molecule has 2 heterocycles. The van der Waals surface area contributed by atoms with E-state index in [2.05, 4.69) is 9.88 Å². The highest BCUT2D eigenvalue weighted by atomic mass is 19.4. The Morgan fingerprint density at radius 3 is 2.50 bits per heavy atom. The number of guanidine groups is 1. The van der Waals surface area contributed by atoms with Crippen molar-refractivity contribution < 1.29 is 27.1 Å². The Morgan fingerprint density at radius 2 is 1.91 bits per heavy atom. The molecule has 32 heavy (non-hydrogen) atoms. The lowest BCUT2D eigenvalue weighted by Crippen LogP contribution is -2.38. The molecule has 0 bridgehead atoms. The number of hydrogen-bond donors (Lipinski definition) is 3. The summed E-state index contributed by atoms with van der Waals surface area (Å²) in [6.45, 7) is 6.23. The normalized spacial score (nSPS) is 11.8. The Morgan fingerprint density at radius 1 is 1.22 bits per heavy atom. The second-order valence-electron chi connectivity index (χ2n) is 7.15. The molecule has 4 N–H and O–H groups in total. The van der Waals surface area contributed by atoms with E-state index >= 15 is 0 Å². The van der Waals surface area contributed by atoms with Crippen LogP contribution in [-0.2, 0) is 12.7 Å². The minimum atomic E-state index is -4.69. The third-order valence-electron chi connectivity index (χ3n) is 5.04. The quantitative estimate of drug-likeness (QED) is 0.365. The number of nitrogens with zero attached hydrogens (tertiary/aromatic N) is 2. The number of H-pyrrole nitrogens is 1. The third-order valence-corrected chi connectivity index (χ3v) is 5.04. The van der Waals surface area contributed by atoms with Crippen LogP contribution in [0.25, 0.3) is 10.9 Å². The Bertz CT molecular complexity index is 1130. The molecule has 0 fully saturated rings. The molecule has 3 rings (SSSR count). The number of halogens is 3. The first kappa shape index (κ1) is 23.2. The minimum Gasteiger partial charge on any atom is -0.429 e. The lowest BCUT2D eigenvalue weighted by atomic mass is 10.1. The molecule has 0 atom stereocenters. The van der Waals surface area contributed by atoms with Crippen molar-refractivity contribution in [3.63, 3.8) is 0 Å². The molecule has 0 aliphatic heterocycles. The zero-order chi connectivity index (χ0) is 23.6. The SMILES string of the molecule is CCN(CC)Cc1ccc(Oc2cc(C(F)(F)F)c3cc(C(=O)N(C)C(=N)N)[nH]c3c2)o1. The van der Waals surface area contributed by atoms with Crippen molar-refractivity contribution in [3.8, 4) is 11.7 Å². The van der Waals surface area contributed by atoms with Crippen molar-refractivity contribution in [3.05, 3.63) is 47.3 Å². The number of benzene rings is 1. The molecule has 0 saturated carbocycles. The Hall–Kier alpha value is -3.47. The van der Waals surface area contributed by atoms with Gasteiger partial charge in [0.15, 0.2) is 5.96 Å². The van der Waals surface area contributed by atoms with Crippen molar-refractivity contribution in [2.24, 2.45) is 5.73 Å². The highest BCUT2D eigenvalue weighted by Gasteiger charge is 2.34. The number of amides is 1. The Kier molecular flexibility index (Phi) is 6.49. The van der Waals surface area contributed by atoms with Gasteiger partial charge >= 0.3 is 6.18 Å². The average molecular weight is 451 g/mol. The van der Waals surface area contributed by atoms with E-state index in [9.17, 15) is 18.0 Å². The maximum absolute atomic E-state index is 13.7. The first-order valence-electron chi connectivity index (χ1n) is 9.88. The van der Waals surface area contributed by atoms with Crippen LogP contribution in [0.4, 0.5) is 13.2 Å². The van der Waals surface area contributed by atoms with Crippen LogP contribution in [-0.4, -0.2) is 46.8 Å². The Balaban J connectivity index is 1.96. The molecule has 8 nitrogen and oxygen atoms in total. The first-order chi connectivity index (χ1) is 15.0. The lowest BCUT2D eigenvalue weighted by Gasteiger charge is -2.15. The molecule has 0 unspecified atom stereocenters. The van der Waals surface area contributed by atoms with Crippen LogP contribution >= 0.6 is 0 Å². The number of ether oxygens (including phenoxy) is 1. The predicted octanol–water partition coefficient (Wildman–Crippen LogP) is 4.38. The van der Waals surface area contributed by atoms with Gasteiger partial charge in [-0.3, -0.25) is 20.0 Å². The summed E-state index contributed by atoms with van der Waals surface area (Å²) in [4.78, 5) is 18.0. The van der Waals surface area contributed by atoms with Gasteiger partial charge in [-0.15, -0.1) is 0 Å². The number of rotatable bonds is 7. The van der Waals surface area contributed by atoms with E-state index in [1.165, 1.54) is 13.1 Å². The fourth-order valence-corrected chi connectivity index (χ4v) is 3.19. The molecule has 1 aromatic carbocycles.